The van der Waals surface area contributed by atoms with Gasteiger partial charge < -0.3 is 14.6 Å². The normalized spacial score (nSPS) is 16.0. The molecule has 0 spiro atoms. The van der Waals surface area contributed by atoms with Gasteiger partial charge in [-0.05, 0) is 84.2 Å². The molecule has 2 heterocycles. The van der Waals surface area contributed by atoms with Crippen LogP contribution in [0, 0.1) is 24.1 Å². The highest BCUT2D eigenvalue weighted by Gasteiger charge is 2.31. The highest BCUT2D eigenvalue weighted by Crippen LogP contribution is 2.41. The molecule has 1 unspecified atom stereocenters. The summed E-state index contributed by atoms with van der Waals surface area (Å²) in [7, 11) is 0. The first-order valence-electron chi connectivity index (χ1n) is 14.5. The van der Waals surface area contributed by atoms with Crippen LogP contribution in [0.1, 0.15) is 51.8 Å². The van der Waals surface area contributed by atoms with Gasteiger partial charge >= 0.3 is 0 Å². The number of aromatic nitrogens is 1. The molecule has 0 bridgehead atoms. The molecule has 0 saturated carbocycles. The van der Waals surface area contributed by atoms with Gasteiger partial charge in [-0.3, -0.25) is 9.88 Å². The SMILES string of the molecule is Cc1c(COc2cc(OCc3cncc(C#N)c3)c(CN3CCC3CO)c3c2CCC3)cccc1-c1cccc(F)c1. The largest absolute Gasteiger partial charge is 0.488 e. The van der Waals surface area contributed by atoms with Gasteiger partial charge in [0, 0.05) is 48.7 Å². The summed E-state index contributed by atoms with van der Waals surface area (Å²) >= 11 is 0. The Bertz CT molecular complexity index is 1650. The van der Waals surface area contributed by atoms with E-state index < -0.39 is 0 Å². The van der Waals surface area contributed by atoms with E-state index in [0.717, 1.165) is 77.1 Å². The monoisotopic (exact) mass is 563 g/mol. The van der Waals surface area contributed by atoms with Crippen molar-refractivity contribution in [2.24, 2.45) is 0 Å². The van der Waals surface area contributed by atoms with Gasteiger partial charge in [-0.25, -0.2) is 4.39 Å². The van der Waals surface area contributed by atoms with Crippen molar-refractivity contribution in [3.8, 4) is 28.7 Å². The summed E-state index contributed by atoms with van der Waals surface area (Å²) in [6.45, 7) is 4.54. The zero-order valence-electron chi connectivity index (χ0n) is 23.8. The maximum absolute atomic E-state index is 13.9. The van der Waals surface area contributed by atoms with Crippen LogP contribution < -0.4 is 9.47 Å². The number of rotatable bonds is 10. The van der Waals surface area contributed by atoms with E-state index in [2.05, 4.69) is 28.9 Å². The molecule has 1 saturated heterocycles. The molecule has 7 heteroatoms. The molecular formula is C35H34FN3O3. The van der Waals surface area contributed by atoms with Crippen LogP contribution >= 0.6 is 0 Å². The van der Waals surface area contributed by atoms with Crippen molar-refractivity contribution in [3.05, 3.63) is 112 Å². The van der Waals surface area contributed by atoms with Crippen LogP contribution in [-0.4, -0.2) is 34.2 Å². The summed E-state index contributed by atoms with van der Waals surface area (Å²) in [5.74, 6) is 1.33. The molecule has 0 amide bonds. The fourth-order valence-corrected chi connectivity index (χ4v) is 6.09. The molecule has 214 valence electrons. The number of hydrogen-bond donors (Lipinski definition) is 1. The van der Waals surface area contributed by atoms with Crippen LogP contribution in [0.15, 0.2) is 67.0 Å². The minimum atomic E-state index is -0.254. The Hall–Kier alpha value is -4.25. The van der Waals surface area contributed by atoms with Crippen molar-refractivity contribution in [2.75, 3.05) is 13.2 Å². The average Bonchev–Trinajstić information content (AvgIpc) is 3.49. The van der Waals surface area contributed by atoms with Crippen molar-refractivity contribution in [3.63, 3.8) is 0 Å². The van der Waals surface area contributed by atoms with Crippen molar-refractivity contribution in [2.45, 2.75) is 58.4 Å². The fraction of sp³-hybridized carbons (Fsp3) is 0.314. The van der Waals surface area contributed by atoms with Crippen molar-refractivity contribution >= 4 is 0 Å². The standard InChI is InChI=1S/C35H34FN3O3/c1-23-27(6-3-8-30(23)26-5-2-7-28(36)14-26)22-42-34-15-35(41-21-25-13-24(16-37)17-38-18-25)33(31-9-4-10-32(31)34)19-39-12-11-29(39)20-40/h2-3,5-8,13-15,17-18,29,40H,4,9-12,19-22H2,1H3. The van der Waals surface area contributed by atoms with Crippen LogP contribution in [0.4, 0.5) is 4.39 Å². The Balaban J connectivity index is 1.30. The topological polar surface area (TPSA) is 78.6 Å². The second kappa shape index (κ2) is 12.3. The Morgan fingerprint density at radius 3 is 2.64 bits per heavy atom. The second-order valence-corrected chi connectivity index (χ2v) is 11.1. The molecule has 1 fully saturated rings. The number of likely N-dealkylation sites (tertiary alicyclic amines) is 1. The van der Waals surface area contributed by atoms with Gasteiger partial charge in [0.1, 0.15) is 36.6 Å². The maximum atomic E-state index is 13.9. The van der Waals surface area contributed by atoms with Crippen LogP contribution in [0.2, 0.25) is 0 Å². The minimum Gasteiger partial charge on any atom is -0.488 e. The van der Waals surface area contributed by atoms with Crippen molar-refractivity contribution in [1.82, 2.24) is 9.88 Å². The third kappa shape index (κ3) is 5.74. The lowest BCUT2D eigenvalue weighted by Crippen LogP contribution is -2.49. The molecule has 6 nitrogen and oxygen atoms in total. The molecule has 4 aromatic rings. The number of fused-ring (bicyclic) bond motifs is 1. The number of hydrogen-bond acceptors (Lipinski definition) is 6. The molecule has 2 aliphatic rings. The molecule has 3 aromatic carbocycles. The molecule has 6 rings (SSSR count). The van der Waals surface area contributed by atoms with Crippen LogP contribution in [0.5, 0.6) is 11.5 Å². The number of aliphatic hydroxyl groups is 1. The molecular weight excluding hydrogens is 529 g/mol. The number of nitriles is 1. The van der Waals surface area contributed by atoms with E-state index in [4.69, 9.17) is 9.47 Å². The Morgan fingerprint density at radius 2 is 1.86 bits per heavy atom. The summed E-state index contributed by atoms with van der Waals surface area (Å²) in [6, 6.07) is 18.8. The first kappa shape index (κ1) is 27.9. The van der Waals surface area contributed by atoms with Gasteiger partial charge in [-0.2, -0.15) is 5.26 Å². The molecule has 1 aliphatic heterocycles. The number of aliphatic hydroxyl groups excluding tert-OH is 1. The predicted molar refractivity (Wildman–Crippen MR) is 159 cm³/mol. The summed E-state index contributed by atoms with van der Waals surface area (Å²) in [5.41, 5.74) is 8.92. The van der Waals surface area contributed by atoms with Crippen molar-refractivity contribution < 1.29 is 19.0 Å². The fourth-order valence-electron chi connectivity index (χ4n) is 6.09. The zero-order chi connectivity index (χ0) is 29.1. The Labute approximate surface area is 246 Å². The number of ether oxygens (including phenoxy) is 2. The highest BCUT2D eigenvalue weighted by molar-refractivity contribution is 5.68. The third-order valence-electron chi connectivity index (χ3n) is 8.56. The first-order chi connectivity index (χ1) is 20.5. The molecule has 1 N–H and O–H groups in total. The third-order valence-corrected chi connectivity index (χ3v) is 8.56. The van der Waals surface area contributed by atoms with E-state index in [9.17, 15) is 14.8 Å². The van der Waals surface area contributed by atoms with Crippen LogP contribution in [0.3, 0.4) is 0 Å². The zero-order valence-corrected chi connectivity index (χ0v) is 23.8. The second-order valence-electron chi connectivity index (χ2n) is 11.1. The number of pyridine rings is 1. The van der Waals surface area contributed by atoms with Crippen LogP contribution in [-0.2, 0) is 32.6 Å². The Morgan fingerprint density at radius 1 is 1.02 bits per heavy atom. The maximum Gasteiger partial charge on any atom is 0.128 e. The summed E-state index contributed by atoms with van der Waals surface area (Å²) in [5, 5.41) is 19.1. The number of benzene rings is 3. The van der Waals surface area contributed by atoms with E-state index in [1.165, 1.54) is 17.2 Å². The average molecular weight is 564 g/mol. The quantitative estimate of drug-likeness (QED) is 0.245. The van der Waals surface area contributed by atoms with Gasteiger partial charge in [0.05, 0.1) is 12.2 Å². The molecule has 0 radical (unpaired) electrons. The van der Waals surface area contributed by atoms with Gasteiger partial charge in [-0.1, -0.05) is 30.3 Å². The van der Waals surface area contributed by atoms with Crippen molar-refractivity contribution in [1.29, 1.82) is 5.26 Å². The van der Waals surface area contributed by atoms with E-state index in [1.54, 1.807) is 30.6 Å². The van der Waals surface area contributed by atoms with Gasteiger partial charge in [0.2, 0.25) is 0 Å². The van der Waals surface area contributed by atoms with E-state index >= 15 is 0 Å². The molecule has 1 aromatic heterocycles. The molecule has 1 aliphatic carbocycles. The summed E-state index contributed by atoms with van der Waals surface area (Å²) < 4.78 is 26.9. The van der Waals surface area contributed by atoms with Gasteiger partial charge in [-0.15, -0.1) is 0 Å². The number of halogens is 1. The summed E-state index contributed by atoms with van der Waals surface area (Å²) in [6.07, 6.45) is 7.20. The van der Waals surface area contributed by atoms with E-state index in [0.29, 0.717) is 18.7 Å². The lowest BCUT2D eigenvalue weighted by atomic mass is 9.96. The summed E-state index contributed by atoms with van der Waals surface area (Å²) in [4.78, 5) is 6.48. The molecule has 1 atom stereocenters. The highest BCUT2D eigenvalue weighted by atomic mass is 19.1. The first-order valence-corrected chi connectivity index (χ1v) is 14.5. The van der Waals surface area contributed by atoms with Gasteiger partial charge in [0.25, 0.3) is 0 Å². The van der Waals surface area contributed by atoms with E-state index in [-0.39, 0.29) is 25.1 Å². The predicted octanol–water partition coefficient (Wildman–Crippen LogP) is 6.28. The number of nitrogens with zero attached hydrogens (tertiary/aromatic N) is 3. The van der Waals surface area contributed by atoms with Crippen LogP contribution in [0.25, 0.3) is 11.1 Å². The van der Waals surface area contributed by atoms with E-state index in [1.807, 2.05) is 24.3 Å². The lowest BCUT2D eigenvalue weighted by molar-refractivity contribution is 0.0346. The molecule has 42 heavy (non-hydrogen) atoms. The smallest absolute Gasteiger partial charge is 0.128 e. The lowest BCUT2D eigenvalue weighted by Gasteiger charge is -2.40. The Kier molecular flexibility index (Phi) is 8.18. The van der Waals surface area contributed by atoms with Gasteiger partial charge in [0.15, 0.2) is 0 Å². The minimum absolute atomic E-state index is 0.153.